The Morgan fingerprint density at radius 2 is 2.00 bits per heavy atom. The van der Waals surface area contributed by atoms with Crippen molar-refractivity contribution >= 4 is 22.6 Å². The zero-order valence-corrected chi connectivity index (χ0v) is 14.2. The van der Waals surface area contributed by atoms with E-state index in [-0.39, 0.29) is 0 Å². The Hall–Kier alpha value is -2.82. The normalized spacial score (nSPS) is 17.0. The van der Waals surface area contributed by atoms with Crippen LogP contribution in [0.5, 0.6) is 0 Å². The second kappa shape index (κ2) is 5.62. The summed E-state index contributed by atoms with van der Waals surface area (Å²) in [6.45, 7) is 2.78. The predicted molar refractivity (Wildman–Crippen MR) is 99.6 cm³/mol. The van der Waals surface area contributed by atoms with Crippen LogP contribution >= 0.6 is 0 Å². The molecule has 1 fully saturated rings. The minimum atomic E-state index is 0.542. The van der Waals surface area contributed by atoms with Crippen LogP contribution in [0.4, 0.5) is 0 Å². The van der Waals surface area contributed by atoms with E-state index in [1.165, 1.54) is 18.4 Å². The first-order valence-corrected chi connectivity index (χ1v) is 8.89. The summed E-state index contributed by atoms with van der Waals surface area (Å²) in [4.78, 5) is 9.48. The lowest BCUT2D eigenvalue weighted by Crippen LogP contribution is -2.03. The monoisotopic (exact) mass is 329 g/mol. The van der Waals surface area contributed by atoms with Gasteiger partial charge in [0.05, 0.1) is 23.8 Å². The van der Waals surface area contributed by atoms with Crippen molar-refractivity contribution in [3.05, 3.63) is 59.2 Å². The van der Waals surface area contributed by atoms with Crippen LogP contribution in [-0.4, -0.2) is 33.1 Å². The maximum Gasteiger partial charge on any atom is 0.155 e. The number of fused-ring (bicyclic) bond motifs is 1. The molecule has 5 heteroatoms. The number of aliphatic imine (C=N–C) groups is 2. The first kappa shape index (κ1) is 14.5. The van der Waals surface area contributed by atoms with Gasteiger partial charge in [-0.15, -0.1) is 5.10 Å². The molecular formula is C20H19N5. The van der Waals surface area contributed by atoms with E-state index in [0.717, 1.165) is 40.1 Å². The highest BCUT2D eigenvalue weighted by atomic mass is 15.4. The molecule has 5 nitrogen and oxygen atoms in total. The molecule has 0 bridgehead atoms. The second-order valence-electron chi connectivity index (χ2n) is 6.68. The summed E-state index contributed by atoms with van der Waals surface area (Å²) in [6.07, 6.45) is 3.40. The third-order valence-corrected chi connectivity index (χ3v) is 4.96. The lowest BCUT2D eigenvalue weighted by atomic mass is 10.0. The van der Waals surface area contributed by atoms with Crippen LogP contribution in [0.15, 0.2) is 52.4 Å². The van der Waals surface area contributed by atoms with Gasteiger partial charge in [-0.2, -0.15) is 0 Å². The summed E-state index contributed by atoms with van der Waals surface area (Å²) in [5, 5.41) is 8.65. The summed E-state index contributed by atoms with van der Waals surface area (Å²) in [5.41, 5.74) is 6.57. The van der Waals surface area contributed by atoms with Crippen LogP contribution in [0.2, 0.25) is 0 Å². The molecule has 0 atom stereocenters. The number of benzene rings is 2. The van der Waals surface area contributed by atoms with Gasteiger partial charge in [0.15, 0.2) is 5.84 Å². The highest BCUT2D eigenvalue weighted by Gasteiger charge is 2.26. The number of aromatic nitrogens is 3. The number of amidine groups is 1. The van der Waals surface area contributed by atoms with E-state index in [4.69, 9.17) is 4.99 Å². The fourth-order valence-corrected chi connectivity index (χ4v) is 3.41. The van der Waals surface area contributed by atoms with Gasteiger partial charge in [-0.1, -0.05) is 42.5 Å². The summed E-state index contributed by atoms with van der Waals surface area (Å²) < 4.78 is 2.05. The van der Waals surface area contributed by atoms with Crippen LogP contribution < -0.4 is 0 Å². The third kappa shape index (κ3) is 2.47. The molecule has 2 aromatic carbocycles. The Morgan fingerprint density at radius 3 is 2.84 bits per heavy atom. The van der Waals surface area contributed by atoms with Crippen molar-refractivity contribution < 1.29 is 0 Å². The zero-order valence-electron chi connectivity index (χ0n) is 14.2. The average Bonchev–Trinajstić information content (AvgIpc) is 3.22. The van der Waals surface area contributed by atoms with E-state index in [1.807, 2.05) is 6.07 Å². The van der Waals surface area contributed by atoms with Crippen molar-refractivity contribution in [3.63, 3.8) is 0 Å². The Bertz CT molecular complexity index is 1020. The number of hydrogen-bond donors (Lipinski definition) is 0. The van der Waals surface area contributed by atoms with Gasteiger partial charge in [0.1, 0.15) is 5.52 Å². The van der Waals surface area contributed by atoms with Gasteiger partial charge < -0.3 is 0 Å². The van der Waals surface area contributed by atoms with Gasteiger partial charge in [-0.05, 0) is 37.0 Å². The van der Waals surface area contributed by atoms with E-state index < -0.39 is 0 Å². The average molecular weight is 329 g/mol. The SMILES string of the molecule is CCc1ccccc1C1=NCC(c2ccc3c(c2)nnn3C2CC2)=N1. The van der Waals surface area contributed by atoms with E-state index in [0.29, 0.717) is 12.6 Å². The lowest BCUT2D eigenvalue weighted by Gasteiger charge is -2.04. The molecule has 124 valence electrons. The van der Waals surface area contributed by atoms with Gasteiger partial charge in [0.25, 0.3) is 0 Å². The van der Waals surface area contributed by atoms with Gasteiger partial charge >= 0.3 is 0 Å². The Kier molecular flexibility index (Phi) is 3.26. The van der Waals surface area contributed by atoms with E-state index in [1.54, 1.807) is 0 Å². The standard InChI is InChI=1S/C20H19N5/c1-2-13-5-3-4-6-16(13)20-21-12-18(22-20)14-7-10-19-17(11-14)23-24-25(19)15-8-9-15/h3-7,10-11,15H,2,8-9,12H2,1H3. The number of nitrogens with zero attached hydrogens (tertiary/aromatic N) is 5. The van der Waals surface area contributed by atoms with Gasteiger partial charge in [-0.3, -0.25) is 4.99 Å². The smallest absolute Gasteiger partial charge is 0.155 e. The molecule has 1 aliphatic heterocycles. The highest BCUT2D eigenvalue weighted by Crippen LogP contribution is 2.36. The van der Waals surface area contributed by atoms with Crippen LogP contribution in [0, 0.1) is 0 Å². The lowest BCUT2D eigenvalue weighted by molar-refractivity contribution is 0.630. The first-order valence-electron chi connectivity index (χ1n) is 8.89. The molecule has 1 aromatic heterocycles. The van der Waals surface area contributed by atoms with Crippen molar-refractivity contribution in [2.75, 3.05) is 6.54 Å². The highest BCUT2D eigenvalue weighted by molar-refractivity contribution is 6.18. The molecule has 25 heavy (non-hydrogen) atoms. The quantitative estimate of drug-likeness (QED) is 0.734. The molecule has 0 amide bonds. The number of hydrogen-bond acceptors (Lipinski definition) is 4. The fourth-order valence-electron chi connectivity index (χ4n) is 3.41. The van der Waals surface area contributed by atoms with Crippen molar-refractivity contribution in [1.29, 1.82) is 0 Å². The van der Waals surface area contributed by atoms with E-state index >= 15 is 0 Å². The van der Waals surface area contributed by atoms with Gasteiger partial charge in [0, 0.05) is 11.1 Å². The van der Waals surface area contributed by atoms with Crippen LogP contribution in [0.1, 0.15) is 42.5 Å². The zero-order chi connectivity index (χ0) is 16.8. The minimum absolute atomic E-state index is 0.542. The molecule has 5 rings (SSSR count). The molecule has 1 saturated carbocycles. The molecule has 0 radical (unpaired) electrons. The maximum absolute atomic E-state index is 4.81. The van der Waals surface area contributed by atoms with Crippen LogP contribution in [-0.2, 0) is 6.42 Å². The molecule has 2 aliphatic rings. The van der Waals surface area contributed by atoms with Crippen LogP contribution in [0.25, 0.3) is 11.0 Å². The Balaban J connectivity index is 1.49. The van der Waals surface area contributed by atoms with Crippen molar-refractivity contribution in [3.8, 4) is 0 Å². The summed E-state index contributed by atoms with van der Waals surface area (Å²) >= 11 is 0. The molecule has 0 saturated heterocycles. The molecule has 1 aliphatic carbocycles. The fraction of sp³-hybridized carbons (Fsp3) is 0.300. The molecule has 2 heterocycles. The molecule has 0 spiro atoms. The third-order valence-electron chi connectivity index (χ3n) is 4.96. The topological polar surface area (TPSA) is 55.4 Å². The van der Waals surface area contributed by atoms with Gasteiger partial charge in [-0.25, -0.2) is 9.67 Å². The Labute approximate surface area is 146 Å². The van der Waals surface area contributed by atoms with Crippen molar-refractivity contribution in [2.24, 2.45) is 9.98 Å². The van der Waals surface area contributed by atoms with Crippen LogP contribution in [0.3, 0.4) is 0 Å². The largest absolute Gasteiger partial charge is 0.260 e. The summed E-state index contributed by atoms with van der Waals surface area (Å²) in [7, 11) is 0. The van der Waals surface area contributed by atoms with Crippen molar-refractivity contribution in [1.82, 2.24) is 15.0 Å². The second-order valence-corrected chi connectivity index (χ2v) is 6.68. The van der Waals surface area contributed by atoms with Gasteiger partial charge in [0.2, 0.25) is 0 Å². The molecule has 0 N–H and O–H groups in total. The van der Waals surface area contributed by atoms with Crippen molar-refractivity contribution in [2.45, 2.75) is 32.2 Å². The minimum Gasteiger partial charge on any atom is -0.260 e. The van der Waals surface area contributed by atoms with E-state index in [2.05, 4.69) is 63.3 Å². The molecule has 0 unspecified atom stereocenters. The Morgan fingerprint density at radius 1 is 1.12 bits per heavy atom. The number of rotatable bonds is 4. The first-order chi connectivity index (χ1) is 12.3. The molecular weight excluding hydrogens is 310 g/mol. The summed E-state index contributed by atoms with van der Waals surface area (Å²) in [6, 6.07) is 15.2. The summed E-state index contributed by atoms with van der Waals surface area (Å²) in [5.74, 6) is 0.842. The number of aryl methyl sites for hydroxylation is 1. The molecule has 3 aromatic rings. The predicted octanol–water partition coefficient (Wildman–Crippen LogP) is 3.58. The van der Waals surface area contributed by atoms with E-state index in [9.17, 15) is 0 Å². The maximum atomic E-state index is 4.81.